The molecule has 2 atom stereocenters. The standard InChI is InChI=1S/C25H36F3N5O2/c1-3-32(13-18-4-6-20(7-5-18)25(26,27)28)23-21-9-11-33(24(21)30-16-29-23)14-19-8-10-31(12-17(2)34)15-22(19)35/h9,11,16,18-20,22,35H,3-8,10,12-15H2,1-2H3. The van der Waals surface area contributed by atoms with Gasteiger partial charge in [-0.25, -0.2) is 9.97 Å². The fraction of sp³-hybridized carbons (Fsp3) is 0.720. The molecule has 10 heteroatoms. The Morgan fingerprint density at radius 2 is 1.94 bits per heavy atom. The molecule has 2 fully saturated rings. The first-order valence-electron chi connectivity index (χ1n) is 12.7. The number of ketones is 1. The smallest absolute Gasteiger partial charge is 0.391 e. The van der Waals surface area contributed by atoms with Gasteiger partial charge in [-0.2, -0.15) is 13.2 Å². The highest BCUT2D eigenvalue weighted by Crippen LogP contribution is 2.40. The Balaban J connectivity index is 1.43. The molecule has 0 radical (unpaired) electrons. The van der Waals surface area contributed by atoms with E-state index in [2.05, 4.69) is 19.4 Å². The van der Waals surface area contributed by atoms with Crippen molar-refractivity contribution in [3.05, 3.63) is 18.6 Å². The van der Waals surface area contributed by atoms with Crippen molar-refractivity contribution >= 4 is 22.6 Å². The number of hydrogen-bond acceptors (Lipinski definition) is 6. The normalized spacial score (nSPS) is 26.2. The van der Waals surface area contributed by atoms with Gasteiger partial charge >= 0.3 is 6.18 Å². The zero-order chi connectivity index (χ0) is 25.2. The number of fused-ring (bicyclic) bond motifs is 1. The third kappa shape index (κ3) is 6.14. The Labute approximate surface area is 204 Å². The number of likely N-dealkylation sites (tertiary alicyclic amines) is 1. The van der Waals surface area contributed by atoms with Crippen LogP contribution >= 0.6 is 0 Å². The van der Waals surface area contributed by atoms with Crippen LogP contribution in [0, 0.1) is 17.8 Å². The summed E-state index contributed by atoms with van der Waals surface area (Å²) in [5.41, 5.74) is 0.799. The highest BCUT2D eigenvalue weighted by molar-refractivity contribution is 5.87. The fourth-order valence-corrected chi connectivity index (χ4v) is 5.71. The van der Waals surface area contributed by atoms with E-state index >= 15 is 0 Å². The number of halogens is 3. The molecule has 4 rings (SSSR count). The predicted octanol–water partition coefficient (Wildman–Crippen LogP) is 3.90. The molecule has 7 nitrogen and oxygen atoms in total. The Bertz CT molecular complexity index is 1000. The van der Waals surface area contributed by atoms with Gasteiger partial charge in [-0.15, -0.1) is 0 Å². The van der Waals surface area contributed by atoms with Crippen molar-refractivity contribution in [2.45, 2.75) is 64.8 Å². The number of aromatic nitrogens is 3. The van der Waals surface area contributed by atoms with Gasteiger partial charge in [0.2, 0.25) is 0 Å². The van der Waals surface area contributed by atoms with Crippen molar-refractivity contribution in [2.24, 2.45) is 17.8 Å². The second-order valence-electron chi connectivity index (χ2n) is 10.3. The van der Waals surface area contributed by atoms with E-state index in [1.165, 1.54) is 0 Å². The number of carbonyl (C=O) groups excluding carboxylic acids is 1. The van der Waals surface area contributed by atoms with Gasteiger partial charge in [0.05, 0.1) is 24.0 Å². The Morgan fingerprint density at radius 3 is 2.57 bits per heavy atom. The van der Waals surface area contributed by atoms with Crippen molar-refractivity contribution in [3.63, 3.8) is 0 Å². The van der Waals surface area contributed by atoms with Crippen molar-refractivity contribution in [3.8, 4) is 0 Å². The van der Waals surface area contributed by atoms with E-state index in [-0.39, 0.29) is 30.5 Å². The van der Waals surface area contributed by atoms with E-state index in [0.717, 1.165) is 29.8 Å². The summed E-state index contributed by atoms with van der Waals surface area (Å²) < 4.78 is 41.2. The minimum absolute atomic E-state index is 0.0679. The molecule has 0 spiro atoms. The van der Waals surface area contributed by atoms with Crippen LogP contribution in [-0.4, -0.2) is 75.3 Å². The molecule has 0 aromatic carbocycles. The number of Topliss-reactive ketones (excluding diaryl/α,β-unsaturated/α-hetero) is 1. The molecule has 2 unspecified atom stereocenters. The topological polar surface area (TPSA) is 74.5 Å². The zero-order valence-electron chi connectivity index (χ0n) is 20.5. The second-order valence-corrected chi connectivity index (χ2v) is 10.3. The van der Waals surface area contributed by atoms with Crippen LogP contribution in [0.2, 0.25) is 0 Å². The second kappa shape index (κ2) is 10.8. The minimum atomic E-state index is -4.09. The van der Waals surface area contributed by atoms with Crippen molar-refractivity contribution in [1.82, 2.24) is 19.4 Å². The van der Waals surface area contributed by atoms with Gasteiger partial charge < -0.3 is 14.6 Å². The predicted molar refractivity (Wildman–Crippen MR) is 128 cm³/mol. The molecule has 0 bridgehead atoms. The Hall–Kier alpha value is -2.20. The van der Waals surface area contributed by atoms with Gasteiger partial charge in [-0.05, 0) is 64.5 Å². The van der Waals surface area contributed by atoms with Crippen molar-refractivity contribution < 1.29 is 23.1 Å². The van der Waals surface area contributed by atoms with Crippen LogP contribution in [0.4, 0.5) is 19.0 Å². The molecular formula is C25H36F3N5O2. The molecule has 3 heterocycles. The molecule has 2 aromatic heterocycles. The molecular weight excluding hydrogens is 459 g/mol. The monoisotopic (exact) mass is 495 g/mol. The van der Waals surface area contributed by atoms with Crippen LogP contribution in [0.5, 0.6) is 0 Å². The maximum Gasteiger partial charge on any atom is 0.391 e. The van der Waals surface area contributed by atoms with Crippen molar-refractivity contribution in [2.75, 3.05) is 37.6 Å². The van der Waals surface area contributed by atoms with E-state index in [0.29, 0.717) is 45.6 Å². The van der Waals surface area contributed by atoms with Gasteiger partial charge in [0.25, 0.3) is 0 Å². The van der Waals surface area contributed by atoms with Gasteiger partial charge in [0.1, 0.15) is 23.6 Å². The quantitative estimate of drug-likeness (QED) is 0.599. The molecule has 1 saturated carbocycles. The number of β-amino-alcohol motifs (C(OH)–C–C–N with tert-alkyl or cyclic N) is 1. The van der Waals surface area contributed by atoms with Gasteiger partial charge in [-0.3, -0.25) is 9.69 Å². The molecule has 1 N–H and O–H groups in total. The summed E-state index contributed by atoms with van der Waals surface area (Å²) in [6.45, 7) is 7.27. The van der Waals surface area contributed by atoms with Gasteiger partial charge in [0, 0.05) is 38.3 Å². The number of carbonyl (C=O) groups is 1. The van der Waals surface area contributed by atoms with Gasteiger partial charge in [0.15, 0.2) is 0 Å². The summed E-state index contributed by atoms with van der Waals surface area (Å²) in [6.07, 6.45) is 1.28. The molecule has 2 aliphatic rings. The minimum Gasteiger partial charge on any atom is -0.391 e. The fourth-order valence-electron chi connectivity index (χ4n) is 5.71. The number of aliphatic hydroxyl groups is 1. The van der Waals surface area contributed by atoms with Crippen LogP contribution in [0.25, 0.3) is 11.0 Å². The molecule has 35 heavy (non-hydrogen) atoms. The molecule has 1 saturated heterocycles. The molecule has 0 amide bonds. The highest BCUT2D eigenvalue weighted by Gasteiger charge is 2.41. The summed E-state index contributed by atoms with van der Waals surface area (Å²) in [5.74, 6) is 0.0313. The Kier molecular flexibility index (Phi) is 8.00. The number of rotatable bonds is 8. The lowest BCUT2D eigenvalue weighted by atomic mass is 9.81. The number of alkyl halides is 3. The third-order valence-electron chi connectivity index (χ3n) is 7.69. The Morgan fingerprint density at radius 1 is 1.20 bits per heavy atom. The van der Waals surface area contributed by atoms with E-state index in [1.54, 1.807) is 13.3 Å². The van der Waals surface area contributed by atoms with Crippen LogP contribution in [0.15, 0.2) is 18.6 Å². The number of hydrogen-bond donors (Lipinski definition) is 1. The first kappa shape index (κ1) is 25.9. The summed E-state index contributed by atoms with van der Waals surface area (Å²) in [7, 11) is 0. The molecule has 194 valence electrons. The average molecular weight is 496 g/mol. The number of aliphatic hydroxyl groups excluding tert-OH is 1. The van der Waals surface area contributed by atoms with Crippen molar-refractivity contribution in [1.29, 1.82) is 0 Å². The number of anilines is 1. The highest BCUT2D eigenvalue weighted by atomic mass is 19.4. The maximum atomic E-state index is 13.0. The third-order valence-corrected chi connectivity index (χ3v) is 7.69. The summed E-state index contributed by atoms with van der Waals surface area (Å²) in [6, 6.07) is 1.99. The van der Waals surface area contributed by atoms with Crippen LogP contribution in [0.1, 0.15) is 46.0 Å². The van der Waals surface area contributed by atoms with Crippen LogP contribution in [-0.2, 0) is 11.3 Å². The van der Waals surface area contributed by atoms with E-state index in [4.69, 9.17) is 0 Å². The van der Waals surface area contributed by atoms with Crippen LogP contribution in [0.3, 0.4) is 0 Å². The number of nitrogens with zero attached hydrogens (tertiary/aromatic N) is 5. The largest absolute Gasteiger partial charge is 0.391 e. The summed E-state index contributed by atoms with van der Waals surface area (Å²) >= 11 is 0. The molecule has 1 aliphatic heterocycles. The SMILES string of the molecule is CCN(CC1CCC(C(F)(F)F)CC1)c1ncnc2c1ccn2CC1CCN(CC(C)=O)CC1O. The van der Waals surface area contributed by atoms with Gasteiger partial charge in [-0.1, -0.05) is 0 Å². The first-order chi connectivity index (χ1) is 16.7. The first-order valence-corrected chi connectivity index (χ1v) is 12.7. The number of piperidine rings is 1. The van der Waals surface area contributed by atoms with E-state index in [9.17, 15) is 23.1 Å². The average Bonchev–Trinajstić information content (AvgIpc) is 3.21. The van der Waals surface area contributed by atoms with Crippen LogP contribution < -0.4 is 4.90 Å². The molecule has 2 aromatic rings. The van der Waals surface area contributed by atoms with E-state index < -0.39 is 18.2 Å². The lowest BCUT2D eigenvalue weighted by Crippen LogP contribution is -2.46. The maximum absolute atomic E-state index is 13.0. The molecule has 1 aliphatic carbocycles. The zero-order valence-corrected chi connectivity index (χ0v) is 20.5. The lowest BCUT2D eigenvalue weighted by Gasteiger charge is -2.35. The summed E-state index contributed by atoms with van der Waals surface area (Å²) in [5, 5.41) is 11.6. The lowest BCUT2D eigenvalue weighted by molar-refractivity contribution is -0.183. The summed E-state index contributed by atoms with van der Waals surface area (Å²) in [4.78, 5) is 24.6. The van der Waals surface area contributed by atoms with E-state index in [1.807, 2.05) is 24.1 Å².